The van der Waals surface area contributed by atoms with Crippen molar-refractivity contribution in [2.24, 2.45) is 0 Å². The second kappa shape index (κ2) is 9.91. The number of aryl methyl sites for hydroxylation is 2. The molecule has 1 aliphatic heterocycles. The summed E-state index contributed by atoms with van der Waals surface area (Å²) < 4.78 is 2.22. The molecule has 7 nitrogen and oxygen atoms in total. The van der Waals surface area contributed by atoms with Crippen LogP contribution in [0.3, 0.4) is 0 Å². The highest BCUT2D eigenvalue weighted by atomic mass is 32.1. The Balaban J connectivity index is 1.64. The lowest BCUT2D eigenvalue weighted by molar-refractivity contribution is -0.115. The van der Waals surface area contributed by atoms with E-state index in [0.717, 1.165) is 39.7 Å². The molecule has 1 aromatic carbocycles. The molecule has 0 spiro atoms. The Bertz CT molecular complexity index is 1400. The Kier molecular flexibility index (Phi) is 6.52. The van der Waals surface area contributed by atoms with Gasteiger partial charge in [-0.05, 0) is 86.2 Å². The fourth-order valence-electron chi connectivity index (χ4n) is 4.74. The van der Waals surface area contributed by atoms with E-state index in [1.807, 2.05) is 56.4 Å². The number of benzene rings is 1. The van der Waals surface area contributed by atoms with Crippen LogP contribution in [0, 0.1) is 13.8 Å². The van der Waals surface area contributed by atoms with E-state index in [4.69, 9.17) is 12.2 Å². The summed E-state index contributed by atoms with van der Waals surface area (Å²) in [5.74, 6) is -0.0120. The molecule has 0 bridgehead atoms. The molecule has 0 saturated carbocycles. The van der Waals surface area contributed by atoms with Gasteiger partial charge in [-0.3, -0.25) is 14.8 Å². The van der Waals surface area contributed by atoms with E-state index in [2.05, 4.69) is 61.3 Å². The number of amides is 1. The molecule has 36 heavy (non-hydrogen) atoms. The second-order valence-electron chi connectivity index (χ2n) is 8.84. The van der Waals surface area contributed by atoms with Crippen molar-refractivity contribution in [2.45, 2.75) is 39.3 Å². The molecule has 182 valence electrons. The number of aromatic nitrogens is 3. The number of hydrogen-bond acceptors (Lipinski definition) is 4. The smallest absolute Gasteiger partial charge is 0.224 e. The maximum atomic E-state index is 12.0. The summed E-state index contributed by atoms with van der Waals surface area (Å²) in [5.41, 5.74) is 6.79. The number of nitrogens with zero attached hydrogens (tertiary/aromatic N) is 4. The fourth-order valence-corrected chi connectivity index (χ4v) is 5.08. The van der Waals surface area contributed by atoms with Crippen LogP contribution in [0.2, 0.25) is 0 Å². The molecule has 1 fully saturated rings. The number of anilines is 2. The van der Waals surface area contributed by atoms with E-state index >= 15 is 0 Å². The normalized spacial score (nSPS) is 17.2. The van der Waals surface area contributed by atoms with Crippen molar-refractivity contribution in [2.75, 3.05) is 10.2 Å². The monoisotopic (exact) mass is 496 g/mol. The fraction of sp³-hybridized carbons (Fsp3) is 0.214. The first kappa shape index (κ1) is 23.7. The van der Waals surface area contributed by atoms with E-state index in [-0.39, 0.29) is 18.0 Å². The van der Waals surface area contributed by atoms with E-state index in [0.29, 0.717) is 11.5 Å². The maximum absolute atomic E-state index is 12.0. The topological polar surface area (TPSA) is 75.1 Å². The van der Waals surface area contributed by atoms with Crippen LogP contribution in [0.4, 0.5) is 11.4 Å². The lowest BCUT2D eigenvalue weighted by Crippen LogP contribution is -2.30. The van der Waals surface area contributed by atoms with Gasteiger partial charge in [0.25, 0.3) is 0 Å². The van der Waals surface area contributed by atoms with Crippen molar-refractivity contribution < 1.29 is 4.79 Å². The van der Waals surface area contributed by atoms with Gasteiger partial charge in [-0.25, -0.2) is 0 Å². The highest BCUT2D eigenvalue weighted by Gasteiger charge is 2.42. The SMILES string of the molecule is CCC(=O)Nc1ccc(N2C(=S)N[C@H](c3ccccn3)[C@@H]2c2ccc(C)n2-c2cccnc2)cc1C. The zero-order chi connectivity index (χ0) is 25.2. The summed E-state index contributed by atoms with van der Waals surface area (Å²) in [6.45, 7) is 5.93. The first-order valence-corrected chi connectivity index (χ1v) is 12.4. The van der Waals surface area contributed by atoms with Crippen molar-refractivity contribution in [1.29, 1.82) is 0 Å². The highest BCUT2D eigenvalue weighted by molar-refractivity contribution is 7.80. The molecule has 1 saturated heterocycles. The minimum atomic E-state index is -0.170. The van der Waals surface area contributed by atoms with Gasteiger partial charge in [0.15, 0.2) is 5.11 Å². The molecule has 1 amide bonds. The standard InChI is InChI=1S/C28H28N6OS/c1-4-25(35)31-22-12-11-20(16-18(22)2)34-27(26(32-28(34)36)23-9-5-6-15-30-23)24-13-10-19(3)33(24)21-8-7-14-29-17-21/h5-17,26-27H,4H2,1-3H3,(H,31,35)(H,32,36)/t26-,27+/m1/s1. The van der Waals surface area contributed by atoms with Crippen LogP contribution >= 0.6 is 12.2 Å². The summed E-state index contributed by atoms with van der Waals surface area (Å²) >= 11 is 5.90. The summed E-state index contributed by atoms with van der Waals surface area (Å²) in [5, 5.41) is 7.12. The minimum absolute atomic E-state index is 0.0120. The summed E-state index contributed by atoms with van der Waals surface area (Å²) in [6, 6.07) is 19.9. The van der Waals surface area contributed by atoms with E-state index in [1.54, 1.807) is 12.4 Å². The second-order valence-corrected chi connectivity index (χ2v) is 9.23. The van der Waals surface area contributed by atoms with Crippen LogP contribution in [0.25, 0.3) is 5.69 Å². The quantitative estimate of drug-likeness (QED) is 0.348. The third-order valence-corrected chi connectivity index (χ3v) is 6.81. The largest absolute Gasteiger partial charge is 0.351 e. The van der Waals surface area contributed by atoms with Crippen molar-refractivity contribution in [3.8, 4) is 5.69 Å². The van der Waals surface area contributed by atoms with Gasteiger partial charge in [0.05, 0.1) is 23.6 Å². The third-order valence-electron chi connectivity index (χ3n) is 6.49. The van der Waals surface area contributed by atoms with Gasteiger partial charge in [0.2, 0.25) is 5.91 Å². The molecule has 5 rings (SSSR count). The van der Waals surface area contributed by atoms with Gasteiger partial charge in [0, 0.05) is 41.6 Å². The molecule has 0 radical (unpaired) electrons. The number of thiocarbonyl (C=S) groups is 1. The predicted molar refractivity (Wildman–Crippen MR) is 146 cm³/mol. The molecular weight excluding hydrogens is 468 g/mol. The molecular formula is C28H28N6OS. The van der Waals surface area contributed by atoms with E-state index in [9.17, 15) is 4.79 Å². The minimum Gasteiger partial charge on any atom is -0.351 e. The lowest BCUT2D eigenvalue weighted by Gasteiger charge is -2.29. The number of pyridine rings is 2. The van der Waals surface area contributed by atoms with Crippen molar-refractivity contribution >= 4 is 34.6 Å². The zero-order valence-electron chi connectivity index (χ0n) is 20.5. The molecule has 3 aromatic heterocycles. The van der Waals surface area contributed by atoms with Crippen LogP contribution in [0.1, 0.15) is 48.1 Å². The van der Waals surface area contributed by atoms with E-state index < -0.39 is 0 Å². The Morgan fingerprint density at radius 2 is 1.92 bits per heavy atom. The number of nitrogens with one attached hydrogen (secondary N) is 2. The van der Waals surface area contributed by atoms with Crippen LogP contribution < -0.4 is 15.5 Å². The van der Waals surface area contributed by atoms with Crippen LogP contribution in [0.5, 0.6) is 0 Å². The van der Waals surface area contributed by atoms with Crippen molar-refractivity contribution in [3.05, 3.63) is 102 Å². The summed E-state index contributed by atoms with van der Waals surface area (Å²) in [6.07, 6.45) is 5.88. The first-order valence-electron chi connectivity index (χ1n) is 12.0. The molecule has 0 aliphatic carbocycles. The number of rotatable bonds is 6. The Morgan fingerprint density at radius 1 is 1.06 bits per heavy atom. The Labute approximate surface area is 216 Å². The predicted octanol–water partition coefficient (Wildman–Crippen LogP) is 5.41. The van der Waals surface area contributed by atoms with Gasteiger partial charge in [0.1, 0.15) is 6.04 Å². The molecule has 2 atom stereocenters. The van der Waals surface area contributed by atoms with Crippen LogP contribution in [0.15, 0.2) is 79.3 Å². The highest BCUT2D eigenvalue weighted by Crippen LogP contribution is 2.43. The number of hydrogen-bond donors (Lipinski definition) is 2. The molecule has 4 heterocycles. The molecule has 2 N–H and O–H groups in total. The number of carbonyl (C=O) groups is 1. The Morgan fingerprint density at radius 3 is 2.61 bits per heavy atom. The molecule has 4 aromatic rings. The average Bonchev–Trinajstić information content (AvgIpc) is 3.45. The maximum Gasteiger partial charge on any atom is 0.224 e. The van der Waals surface area contributed by atoms with Crippen molar-refractivity contribution in [1.82, 2.24) is 19.9 Å². The van der Waals surface area contributed by atoms with Crippen molar-refractivity contribution in [3.63, 3.8) is 0 Å². The number of carbonyl (C=O) groups excluding carboxylic acids is 1. The third kappa shape index (κ3) is 4.35. The lowest BCUT2D eigenvalue weighted by atomic mass is 10.0. The molecule has 8 heteroatoms. The summed E-state index contributed by atoms with van der Waals surface area (Å²) in [7, 11) is 0. The van der Waals surface area contributed by atoms with Gasteiger partial charge in [-0.2, -0.15) is 0 Å². The molecule has 1 aliphatic rings. The first-order chi connectivity index (χ1) is 17.5. The van der Waals surface area contributed by atoms with Crippen LogP contribution in [-0.2, 0) is 4.79 Å². The van der Waals surface area contributed by atoms with E-state index in [1.165, 1.54) is 0 Å². The van der Waals surface area contributed by atoms with Gasteiger partial charge >= 0.3 is 0 Å². The van der Waals surface area contributed by atoms with Crippen LogP contribution in [-0.4, -0.2) is 25.6 Å². The zero-order valence-corrected chi connectivity index (χ0v) is 21.3. The summed E-state index contributed by atoms with van der Waals surface area (Å²) in [4.78, 5) is 23.1. The average molecular weight is 497 g/mol. The van der Waals surface area contributed by atoms with Gasteiger partial charge in [-0.1, -0.05) is 13.0 Å². The van der Waals surface area contributed by atoms with Gasteiger partial charge in [-0.15, -0.1) is 0 Å². The molecule has 0 unspecified atom stereocenters. The Hall–Kier alpha value is -4.04. The van der Waals surface area contributed by atoms with Gasteiger partial charge < -0.3 is 20.1 Å².